The van der Waals surface area contributed by atoms with Gasteiger partial charge in [-0.1, -0.05) is 0 Å². The van der Waals surface area contributed by atoms with Crippen molar-refractivity contribution in [2.45, 2.75) is 38.8 Å². The van der Waals surface area contributed by atoms with Crippen molar-refractivity contribution >= 4 is 17.5 Å². The van der Waals surface area contributed by atoms with E-state index in [9.17, 15) is 14.9 Å². The molecule has 1 aliphatic rings. The molecule has 1 atom stereocenters. The zero-order valence-electron chi connectivity index (χ0n) is 13.4. The third-order valence-electron chi connectivity index (χ3n) is 3.17. The molecule has 2 N–H and O–H groups in total. The van der Waals surface area contributed by atoms with Gasteiger partial charge < -0.3 is 20.1 Å². The fourth-order valence-corrected chi connectivity index (χ4v) is 1.98. The summed E-state index contributed by atoms with van der Waals surface area (Å²) in [6, 6.07) is 4.27. The zero-order chi connectivity index (χ0) is 17.0. The van der Waals surface area contributed by atoms with Gasteiger partial charge in [-0.25, -0.2) is 4.79 Å². The lowest BCUT2D eigenvalue weighted by Crippen LogP contribution is -2.42. The highest BCUT2D eigenvalue weighted by Crippen LogP contribution is 2.29. The summed E-state index contributed by atoms with van der Waals surface area (Å²) < 4.78 is 10.4. The summed E-state index contributed by atoms with van der Waals surface area (Å²) in [5.74, 6) is 0.115. The van der Waals surface area contributed by atoms with E-state index in [4.69, 9.17) is 9.47 Å². The van der Waals surface area contributed by atoms with E-state index in [-0.39, 0.29) is 17.5 Å². The van der Waals surface area contributed by atoms with E-state index in [0.29, 0.717) is 12.2 Å². The summed E-state index contributed by atoms with van der Waals surface area (Å²) in [5.41, 5.74) is -0.229. The minimum Gasteiger partial charge on any atom is -0.410 e. The molecule has 0 aromatic heterocycles. The maximum atomic E-state index is 11.7. The number of anilines is 1. The Morgan fingerprint density at radius 2 is 2.17 bits per heavy atom. The van der Waals surface area contributed by atoms with Crippen LogP contribution >= 0.6 is 0 Å². The van der Waals surface area contributed by atoms with E-state index in [1.54, 1.807) is 0 Å². The smallest absolute Gasteiger partial charge is 0.410 e. The maximum absolute atomic E-state index is 11.7. The molecule has 0 spiro atoms. The molecular formula is C15H21N3O5. The van der Waals surface area contributed by atoms with Crippen molar-refractivity contribution in [1.82, 2.24) is 5.32 Å². The van der Waals surface area contributed by atoms with Gasteiger partial charge in [-0.15, -0.1) is 0 Å². The summed E-state index contributed by atoms with van der Waals surface area (Å²) in [5, 5.41) is 16.8. The number of amides is 1. The van der Waals surface area contributed by atoms with Crippen LogP contribution in [0.4, 0.5) is 16.2 Å². The van der Waals surface area contributed by atoms with Gasteiger partial charge in [-0.05, 0) is 39.3 Å². The largest absolute Gasteiger partial charge is 0.413 e. The minimum absolute atomic E-state index is 0.0862. The lowest BCUT2D eigenvalue weighted by Gasteiger charge is -2.26. The van der Waals surface area contributed by atoms with Crippen LogP contribution in [-0.4, -0.2) is 35.8 Å². The molecular weight excluding hydrogens is 302 g/mol. The highest BCUT2D eigenvalue weighted by molar-refractivity contribution is 5.73. The molecule has 1 aliphatic heterocycles. The molecule has 1 fully saturated rings. The first-order valence-corrected chi connectivity index (χ1v) is 7.38. The van der Waals surface area contributed by atoms with Gasteiger partial charge in [0.25, 0.3) is 5.69 Å². The van der Waals surface area contributed by atoms with Gasteiger partial charge in [0.1, 0.15) is 11.4 Å². The number of nitro groups is 1. The number of hydrogen-bond acceptors (Lipinski definition) is 6. The van der Waals surface area contributed by atoms with E-state index >= 15 is 0 Å². The highest BCUT2D eigenvalue weighted by Gasteiger charge is 2.22. The molecule has 8 heteroatoms. The molecule has 126 valence electrons. The molecule has 8 nitrogen and oxygen atoms in total. The molecule has 1 aromatic carbocycles. The van der Waals surface area contributed by atoms with Crippen LogP contribution in [0.3, 0.4) is 0 Å². The number of hydrogen-bond donors (Lipinski definition) is 2. The number of nitrogens with zero attached hydrogens (tertiary/aromatic N) is 1. The van der Waals surface area contributed by atoms with Crippen LogP contribution in [0, 0.1) is 10.1 Å². The number of nitrogens with one attached hydrogen (secondary N) is 2. The zero-order valence-corrected chi connectivity index (χ0v) is 13.4. The standard InChI is InChI=1S/C15H21N3O5/c1-15(2,3)17-14(19)23-10-4-5-12(13(8-10)18(20)21)16-9-11-6-7-22-11/h4-5,8,11,16H,6-7,9H2,1-3H3,(H,17,19)/t11-/m0/s1. The fourth-order valence-electron chi connectivity index (χ4n) is 1.98. The van der Waals surface area contributed by atoms with Crippen LogP contribution in [0.1, 0.15) is 27.2 Å². The molecule has 2 rings (SSSR count). The van der Waals surface area contributed by atoms with E-state index in [1.165, 1.54) is 18.2 Å². The van der Waals surface area contributed by atoms with Crippen molar-refractivity contribution in [2.75, 3.05) is 18.5 Å². The Hall–Kier alpha value is -2.35. The summed E-state index contributed by atoms with van der Waals surface area (Å²) >= 11 is 0. The lowest BCUT2D eigenvalue weighted by molar-refractivity contribution is -0.384. The van der Waals surface area contributed by atoms with Crippen molar-refractivity contribution in [1.29, 1.82) is 0 Å². The monoisotopic (exact) mass is 323 g/mol. The molecule has 1 amide bonds. The number of ether oxygens (including phenoxy) is 2. The van der Waals surface area contributed by atoms with Crippen LogP contribution in [0.15, 0.2) is 18.2 Å². The van der Waals surface area contributed by atoms with Gasteiger partial charge in [-0.2, -0.15) is 0 Å². The van der Waals surface area contributed by atoms with Crippen LogP contribution in [0.25, 0.3) is 0 Å². The molecule has 23 heavy (non-hydrogen) atoms. The Morgan fingerprint density at radius 1 is 1.48 bits per heavy atom. The summed E-state index contributed by atoms with van der Waals surface area (Å²) in [6.07, 6.45) is 0.369. The summed E-state index contributed by atoms with van der Waals surface area (Å²) in [4.78, 5) is 22.4. The average molecular weight is 323 g/mol. The first kappa shape index (κ1) is 17.0. The number of nitro benzene ring substituents is 1. The van der Waals surface area contributed by atoms with Crippen LogP contribution < -0.4 is 15.4 Å². The topological polar surface area (TPSA) is 103 Å². The van der Waals surface area contributed by atoms with Crippen molar-refractivity contribution < 1.29 is 19.2 Å². The Labute approximate surface area is 134 Å². The second-order valence-corrected chi connectivity index (χ2v) is 6.36. The molecule has 0 unspecified atom stereocenters. The van der Waals surface area contributed by atoms with Crippen molar-refractivity contribution in [3.05, 3.63) is 28.3 Å². The van der Waals surface area contributed by atoms with Crippen molar-refractivity contribution in [3.63, 3.8) is 0 Å². The molecule has 1 aromatic rings. The molecule has 0 bridgehead atoms. The highest BCUT2D eigenvalue weighted by atomic mass is 16.6. The van der Waals surface area contributed by atoms with Crippen molar-refractivity contribution in [3.8, 4) is 5.75 Å². The van der Waals surface area contributed by atoms with Crippen LogP contribution in [0.2, 0.25) is 0 Å². The Kier molecular flexibility index (Phi) is 5.05. The molecule has 1 saturated heterocycles. The molecule has 1 heterocycles. The SMILES string of the molecule is CC(C)(C)NC(=O)Oc1ccc(NC[C@@H]2CCO2)c([N+](=O)[O-])c1. The molecule has 0 aliphatic carbocycles. The van der Waals surface area contributed by atoms with Crippen LogP contribution in [-0.2, 0) is 4.74 Å². The van der Waals surface area contributed by atoms with E-state index in [2.05, 4.69) is 10.6 Å². The van der Waals surface area contributed by atoms with E-state index in [0.717, 1.165) is 13.0 Å². The van der Waals surface area contributed by atoms with Gasteiger partial charge in [-0.3, -0.25) is 10.1 Å². The second kappa shape index (κ2) is 6.82. The second-order valence-electron chi connectivity index (χ2n) is 6.36. The predicted molar refractivity (Wildman–Crippen MR) is 84.9 cm³/mol. The van der Waals surface area contributed by atoms with Gasteiger partial charge in [0.15, 0.2) is 0 Å². The van der Waals surface area contributed by atoms with Gasteiger partial charge >= 0.3 is 6.09 Å². The maximum Gasteiger partial charge on any atom is 0.413 e. The molecule has 0 radical (unpaired) electrons. The number of carbonyl (C=O) groups is 1. The quantitative estimate of drug-likeness (QED) is 0.638. The van der Waals surface area contributed by atoms with E-state index in [1.807, 2.05) is 20.8 Å². The average Bonchev–Trinajstić information content (AvgIpc) is 2.35. The Balaban J connectivity index is 2.05. The lowest BCUT2D eigenvalue weighted by atomic mass is 10.1. The van der Waals surface area contributed by atoms with Crippen LogP contribution in [0.5, 0.6) is 5.75 Å². The van der Waals surface area contributed by atoms with Crippen molar-refractivity contribution in [2.24, 2.45) is 0 Å². The van der Waals surface area contributed by atoms with Gasteiger partial charge in [0.2, 0.25) is 0 Å². The Bertz CT molecular complexity index is 593. The van der Waals surface area contributed by atoms with E-state index < -0.39 is 16.6 Å². The number of carbonyl (C=O) groups excluding carboxylic acids is 1. The normalized spacial score (nSPS) is 17.1. The van der Waals surface area contributed by atoms with Gasteiger partial charge in [0, 0.05) is 18.7 Å². The predicted octanol–water partition coefficient (Wildman–Crippen LogP) is 2.68. The fraction of sp³-hybridized carbons (Fsp3) is 0.533. The third kappa shape index (κ3) is 5.10. The minimum atomic E-state index is -0.657. The third-order valence-corrected chi connectivity index (χ3v) is 3.17. The first-order chi connectivity index (χ1) is 10.7. The summed E-state index contributed by atoms with van der Waals surface area (Å²) in [7, 11) is 0. The number of rotatable bonds is 5. The summed E-state index contributed by atoms with van der Waals surface area (Å²) in [6.45, 7) is 6.67. The molecule has 0 saturated carbocycles. The Morgan fingerprint density at radius 3 is 2.70 bits per heavy atom. The van der Waals surface area contributed by atoms with Gasteiger partial charge in [0.05, 0.1) is 17.1 Å². The first-order valence-electron chi connectivity index (χ1n) is 7.38. The number of benzene rings is 1.